The van der Waals surface area contributed by atoms with Crippen molar-refractivity contribution >= 4 is 11.8 Å². The highest BCUT2D eigenvalue weighted by atomic mass is 16.2. The summed E-state index contributed by atoms with van der Waals surface area (Å²) < 4.78 is 0. The van der Waals surface area contributed by atoms with Crippen LogP contribution >= 0.6 is 0 Å². The van der Waals surface area contributed by atoms with Crippen LogP contribution < -0.4 is 16.0 Å². The Balaban J connectivity index is 1.36. The summed E-state index contributed by atoms with van der Waals surface area (Å²) >= 11 is 0. The van der Waals surface area contributed by atoms with Gasteiger partial charge in [0.2, 0.25) is 0 Å². The molecule has 0 spiro atoms. The Bertz CT molecular complexity index is 624. The average molecular weight is 330 g/mol. The maximum atomic E-state index is 12.4. The monoisotopic (exact) mass is 330 g/mol. The first-order valence-electron chi connectivity index (χ1n) is 9.05. The first-order chi connectivity index (χ1) is 11.6. The van der Waals surface area contributed by atoms with Crippen LogP contribution in [0.15, 0.2) is 6.07 Å². The Kier molecular flexibility index (Phi) is 4.04. The number of urea groups is 1. The Morgan fingerprint density at radius 1 is 1.25 bits per heavy atom. The number of carbonyl (C=O) groups excluding carboxylic acids is 1. The number of hydrogen-bond donors (Lipinski definition) is 2. The van der Waals surface area contributed by atoms with Crippen LogP contribution in [-0.4, -0.2) is 52.8 Å². The molecule has 1 saturated heterocycles. The van der Waals surface area contributed by atoms with Crippen LogP contribution in [0.1, 0.15) is 43.4 Å². The lowest BCUT2D eigenvalue weighted by atomic mass is 10.1. The topological polar surface area (TPSA) is 87.4 Å². The Morgan fingerprint density at radius 2 is 2.04 bits per heavy atom. The molecule has 7 nitrogen and oxygen atoms in total. The van der Waals surface area contributed by atoms with Crippen LogP contribution in [0.2, 0.25) is 0 Å². The van der Waals surface area contributed by atoms with Gasteiger partial charge < -0.3 is 20.9 Å². The second kappa shape index (κ2) is 6.20. The lowest BCUT2D eigenvalue weighted by Gasteiger charge is -2.29. The van der Waals surface area contributed by atoms with Crippen molar-refractivity contribution in [2.24, 2.45) is 5.73 Å². The quantitative estimate of drug-likeness (QED) is 0.861. The fourth-order valence-corrected chi connectivity index (χ4v) is 3.53. The van der Waals surface area contributed by atoms with E-state index in [0.29, 0.717) is 19.6 Å². The van der Waals surface area contributed by atoms with Crippen LogP contribution in [0, 0.1) is 0 Å². The van der Waals surface area contributed by atoms with Gasteiger partial charge in [-0.05, 0) is 43.7 Å². The van der Waals surface area contributed by atoms with E-state index in [4.69, 9.17) is 5.73 Å². The molecule has 7 heteroatoms. The zero-order valence-corrected chi connectivity index (χ0v) is 14.1. The summed E-state index contributed by atoms with van der Waals surface area (Å²) in [5, 5.41) is 11.8. The maximum absolute atomic E-state index is 12.4. The first kappa shape index (κ1) is 15.6. The van der Waals surface area contributed by atoms with E-state index in [9.17, 15) is 4.79 Å². The molecular formula is C17H26N6O. The van der Waals surface area contributed by atoms with Gasteiger partial charge in [0.15, 0.2) is 5.82 Å². The largest absolute Gasteiger partial charge is 0.355 e. The maximum Gasteiger partial charge on any atom is 0.317 e. The van der Waals surface area contributed by atoms with Crippen molar-refractivity contribution in [2.45, 2.75) is 50.6 Å². The molecule has 1 aromatic rings. The van der Waals surface area contributed by atoms with Crippen molar-refractivity contribution < 1.29 is 4.79 Å². The molecule has 24 heavy (non-hydrogen) atoms. The Hall–Kier alpha value is -1.89. The summed E-state index contributed by atoms with van der Waals surface area (Å²) in [6.07, 6.45) is 6.24. The molecule has 1 aromatic heterocycles. The van der Waals surface area contributed by atoms with Gasteiger partial charge in [0.25, 0.3) is 0 Å². The summed E-state index contributed by atoms with van der Waals surface area (Å²) in [5.41, 5.74) is 8.21. The Labute approximate surface area is 142 Å². The normalized spacial score (nSPS) is 21.5. The smallest absolute Gasteiger partial charge is 0.317 e. The van der Waals surface area contributed by atoms with Crippen molar-refractivity contribution in [1.29, 1.82) is 0 Å². The number of nitrogens with one attached hydrogen (secondary N) is 1. The molecule has 0 bridgehead atoms. The van der Waals surface area contributed by atoms with E-state index in [1.165, 1.54) is 12.8 Å². The molecule has 1 saturated carbocycles. The van der Waals surface area contributed by atoms with Crippen LogP contribution in [0.4, 0.5) is 10.6 Å². The minimum Gasteiger partial charge on any atom is -0.355 e. The van der Waals surface area contributed by atoms with Crippen LogP contribution in [0.3, 0.4) is 0 Å². The molecule has 2 fully saturated rings. The lowest BCUT2D eigenvalue weighted by molar-refractivity contribution is 0.191. The van der Waals surface area contributed by atoms with Crippen molar-refractivity contribution in [3.05, 3.63) is 17.3 Å². The second-order valence-electron chi connectivity index (χ2n) is 7.38. The molecule has 0 atom stereocenters. The van der Waals surface area contributed by atoms with Crippen molar-refractivity contribution in [2.75, 3.05) is 31.1 Å². The molecule has 130 valence electrons. The number of carbonyl (C=O) groups is 1. The Morgan fingerprint density at radius 3 is 2.79 bits per heavy atom. The first-order valence-corrected chi connectivity index (χ1v) is 9.05. The summed E-state index contributed by atoms with van der Waals surface area (Å²) in [4.78, 5) is 16.5. The molecule has 3 heterocycles. The van der Waals surface area contributed by atoms with Gasteiger partial charge in [0.05, 0.1) is 5.69 Å². The van der Waals surface area contributed by atoms with E-state index in [2.05, 4.69) is 26.5 Å². The molecule has 0 aromatic carbocycles. The number of hydrogen-bond acceptors (Lipinski definition) is 5. The summed E-state index contributed by atoms with van der Waals surface area (Å²) in [6.45, 7) is 4.08. The third kappa shape index (κ3) is 3.31. The number of aromatic nitrogens is 2. The third-order valence-electron chi connectivity index (χ3n) is 5.44. The van der Waals surface area contributed by atoms with Gasteiger partial charge in [0.1, 0.15) is 0 Å². The fraction of sp³-hybridized carbons (Fsp3) is 0.706. The van der Waals surface area contributed by atoms with E-state index < -0.39 is 0 Å². The highest BCUT2D eigenvalue weighted by Gasteiger charge is 2.37. The van der Waals surface area contributed by atoms with Crippen molar-refractivity contribution in [3.63, 3.8) is 0 Å². The third-order valence-corrected chi connectivity index (χ3v) is 5.44. The molecule has 3 aliphatic rings. The standard InChI is InChI=1S/C17H26N6O/c18-17(4-5-17)6-7-19-16(24)23-10-3-14-13(12-23)11-15(21-20-14)22-8-1-2-9-22/h11H,1-10,12,18H2,(H,19,24). The predicted octanol–water partition coefficient (Wildman–Crippen LogP) is 1.03. The van der Waals surface area contributed by atoms with Gasteiger partial charge in [-0.2, -0.15) is 5.10 Å². The zero-order valence-electron chi connectivity index (χ0n) is 14.1. The van der Waals surface area contributed by atoms with Gasteiger partial charge in [-0.25, -0.2) is 4.79 Å². The van der Waals surface area contributed by atoms with Crippen LogP contribution in [-0.2, 0) is 13.0 Å². The number of fused-ring (bicyclic) bond motifs is 1. The van der Waals surface area contributed by atoms with E-state index in [-0.39, 0.29) is 11.6 Å². The molecule has 3 N–H and O–H groups in total. The highest BCUT2D eigenvalue weighted by molar-refractivity contribution is 5.74. The number of anilines is 1. The van der Waals surface area contributed by atoms with Crippen molar-refractivity contribution in [3.8, 4) is 0 Å². The second-order valence-corrected chi connectivity index (χ2v) is 7.38. The number of nitrogens with zero attached hydrogens (tertiary/aromatic N) is 4. The van der Waals surface area contributed by atoms with Gasteiger partial charge in [-0.1, -0.05) is 0 Å². The zero-order chi connectivity index (χ0) is 16.6. The summed E-state index contributed by atoms with van der Waals surface area (Å²) in [6, 6.07) is 2.12. The summed E-state index contributed by atoms with van der Waals surface area (Å²) in [7, 11) is 0. The predicted molar refractivity (Wildman–Crippen MR) is 91.8 cm³/mol. The molecule has 0 unspecified atom stereocenters. The molecule has 1 aliphatic carbocycles. The van der Waals surface area contributed by atoms with E-state index in [1.807, 2.05) is 4.90 Å². The molecule has 0 radical (unpaired) electrons. The SMILES string of the molecule is NC1(CCNC(=O)N2CCc3nnc(N4CCCC4)cc3C2)CC1. The molecule has 2 amide bonds. The molecule has 2 aliphatic heterocycles. The molecular weight excluding hydrogens is 304 g/mol. The molecule has 4 rings (SSSR count). The lowest BCUT2D eigenvalue weighted by Crippen LogP contribution is -2.44. The van der Waals surface area contributed by atoms with E-state index >= 15 is 0 Å². The average Bonchev–Trinajstić information content (AvgIpc) is 3.11. The van der Waals surface area contributed by atoms with E-state index in [1.54, 1.807) is 0 Å². The highest BCUT2D eigenvalue weighted by Crippen LogP contribution is 2.35. The van der Waals surface area contributed by atoms with Gasteiger partial charge in [0, 0.05) is 44.7 Å². The van der Waals surface area contributed by atoms with Crippen LogP contribution in [0.25, 0.3) is 0 Å². The fourth-order valence-electron chi connectivity index (χ4n) is 3.53. The number of nitrogens with two attached hydrogens (primary N) is 1. The minimum atomic E-state index is -0.0119. The summed E-state index contributed by atoms with van der Waals surface area (Å²) in [5.74, 6) is 0.951. The van der Waals surface area contributed by atoms with Gasteiger partial charge >= 0.3 is 6.03 Å². The van der Waals surface area contributed by atoms with Crippen molar-refractivity contribution in [1.82, 2.24) is 20.4 Å². The van der Waals surface area contributed by atoms with Crippen LogP contribution in [0.5, 0.6) is 0 Å². The number of rotatable bonds is 4. The van der Waals surface area contributed by atoms with E-state index in [0.717, 1.165) is 55.8 Å². The minimum absolute atomic E-state index is 0.00411. The van der Waals surface area contributed by atoms with Gasteiger partial charge in [-0.3, -0.25) is 0 Å². The number of amides is 2. The van der Waals surface area contributed by atoms with Gasteiger partial charge in [-0.15, -0.1) is 5.10 Å².